The van der Waals surface area contributed by atoms with Gasteiger partial charge in [-0.15, -0.1) is 0 Å². The van der Waals surface area contributed by atoms with Crippen LogP contribution in [0.25, 0.3) is 0 Å². The minimum Gasteiger partial charge on any atom is -0.393 e. The van der Waals surface area contributed by atoms with Gasteiger partial charge in [0.05, 0.1) is 6.10 Å². The SMILES string of the molecule is CC(C)CC(=O)CC[C@@H](C)[C@H]1CC[C@H]2[C@@H]3CC=C4C[C@@H](O)CC[C@]4(C)[C@H]3CC[C@]12C. The average molecular weight is 415 g/mol. The molecular weight excluding hydrogens is 368 g/mol. The van der Waals surface area contributed by atoms with Crippen LogP contribution >= 0.6 is 0 Å². The standard InChI is InChI=1S/C28H46O2/c1-18(2)16-21(29)8-6-19(3)24-10-11-25-23-9-7-20-17-22(30)12-14-27(20,4)26(23)13-15-28(24,25)5/h7,18-19,22-26,30H,6,8-17H2,1-5H3/t19-,22+,23+,24-,25+,26+,27+,28-/m1/s1. The van der Waals surface area contributed by atoms with Gasteiger partial charge in [0.1, 0.15) is 5.78 Å². The lowest BCUT2D eigenvalue weighted by molar-refractivity contribution is -0.120. The maximum Gasteiger partial charge on any atom is 0.133 e. The van der Waals surface area contributed by atoms with E-state index in [2.05, 4.69) is 40.7 Å². The molecule has 0 aromatic rings. The summed E-state index contributed by atoms with van der Waals surface area (Å²) in [7, 11) is 0. The number of rotatable bonds is 6. The van der Waals surface area contributed by atoms with Gasteiger partial charge < -0.3 is 5.11 Å². The lowest BCUT2D eigenvalue weighted by Crippen LogP contribution is -2.50. The van der Waals surface area contributed by atoms with Crippen molar-refractivity contribution in [2.24, 2.45) is 46.3 Å². The van der Waals surface area contributed by atoms with Crippen LogP contribution in [0.15, 0.2) is 11.6 Å². The van der Waals surface area contributed by atoms with Gasteiger partial charge in [0, 0.05) is 12.8 Å². The summed E-state index contributed by atoms with van der Waals surface area (Å²) in [5, 5.41) is 10.2. The zero-order valence-corrected chi connectivity index (χ0v) is 20.3. The molecule has 0 aromatic carbocycles. The molecule has 0 aromatic heterocycles. The fraction of sp³-hybridized carbons (Fsp3) is 0.893. The van der Waals surface area contributed by atoms with E-state index in [-0.39, 0.29) is 6.10 Å². The van der Waals surface area contributed by atoms with Crippen molar-refractivity contribution in [1.29, 1.82) is 0 Å². The fourth-order valence-corrected chi connectivity index (χ4v) is 8.76. The molecule has 170 valence electrons. The van der Waals surface area contributed by atoms with E-state index in [1.165, 1.54) is 38.5 Å². The molecule has 0 unspecified atom stereocenters. The van der Waals surface area contributed by atoms with Gasteiger partial charge in [0.15, 0.2) is 0 Å². The van der Waals surface area contributed by atoms with Crippen LogP contribution in [0.4, 0.5) is 0 Å². The Morgan fingerprint density at radius 1 is 1.10 bits per heavy atom. The number of allylic oxidation sites excluding steroid dienone is 1. The van der Waals surface area contributed by atoms with Crippen molar-refractivity contribution in [2.75, 3.05) is 0 Å². The summed E-state index contributed by atoms with van der Waals surface area (Å²) in [6.45, 7) is 11.9. The molecule has 0 spiro atoms. The lowest BCUT2D eigenvalue weighted by atomic mass is 9.47. The van der Waals surface area contributed by atoms with Crippen LogP contribution in [-0.2, 0) is 4.79 Å². The Balaban J connectivity index is 1.45. The van der Waals surface area contributed by atoms with Crippen molar-refractivity contribution < 1.29 is 9.90 Å². The number of carbonyl (C=O) groups is 1. The zero-order valence-electron chi connectivity index (χ0n) is 20.3. The quantitative estimate of drug-likeness (QED) is 0.477. The molecule has 3 fully saturated rings. The van der Waals surface area contributed by atoms with Crippen molar-refractivity contribution in [3.63, 3.8) is 0 Å². The number of hydrogen-bond donors (Lipinski definition) is 1. The Morgan fingerprint density at radius 2 is 1.87 bits per heavy atom. The Morgan fingerprint density at radius 3 is 2.60 bits per heavy atom. The van der Waals surface area contributed by atoms with Crippen molar-refractivity contribution >= 4 is 5.78 Å². The van der Waals surface area contributed by atoms with Gasteiger partial charge in [-0.1, -0.05) is 46.3 Å². The molecule has 0 radical (unpaired) electrons. The van der Waals surface area contributed by atoms with Gasteiger partial charge in [-0.3, -0.25) is 4.79 Å². The third-order valence-corrected chi connectivity index (χ3v) is 10.4. The largest absolute Gasteiger partial charge is 0.393 e. The van der Waals surface area contributed by atoms with Gasteiger partial charge in [0.25, 0.3) is 0 Å². The second kappa shape index (κ2) is 8.38. The molecule has 3 saturated carbocycles. The molecule has 0 bridgehead atoms. The highest BCUT2D eigenvalue weighted by Crippen LogP contribution is 2.67. The highest BCUT2D eigenvalue weighted by molar-refractivity contribution is 5.78. The molecule has 8 atom stereocenters. The molecule has 4 rings (SSSR count). The predicted octanol–water partition coefficient (Wildman–Crippen LogP) is 6.96. The number of aliphatic hydroxyl groups is 1. The number of aliphatic hydroxyl groups excluding tert-OH is 1. The van der Waals surface area contributed by atoms with E-state index in [1.807, 2.05) is 0 Å². The summed E-state index contributed by atoms with van der Waals surface area (Å²) >= 11 is 0. The van der Waals surface area contributed by atoms with Crippen molar-refractivity contribution in [2.45, 2.75) is 111 Å². The Hall–Kier alpha value is -0.630. The summed E-state index contributed by atoms with van der Waals surface area (Å²) in [4.78, 5) is 12.3. The van der Waals surface area contributed by atoms with E-state index in [0.717, 1.165) is 55.8 Å². The average Bonchev–Trinajstić information content (AvgIpc) is 3.03. The van der Waals surface area contributed by atoms with Gasteiger partial charge in [-0.05, 0) is 104 Å². The van der Waals surface area contributed by atoms with Crippen LogP contribution in [0.1, 0.15) is 105 Å². The van der Waals surface area contributed by atoms with Gasteiger partial charge >= 0.3 is 0 Å². The molecular formula is C28H46O2. The smallest absolute Gasteiger partial charge is 0.133 e. The Labute approximate surface area is 185 Å². The first kappa shape index (κ1) is 22.6. The maximum atomic E-state index is 12.3. The number of ketones is 1. The van der Waals surface area contributed by atoms with Crippen LogP contribution in [0, 0.1) is 46.3 Å². The van der Waals surface area contributed by atoms with Crippen molar-refractivity contribution in [1.82, 2.24) is 0 Å². The van der Waals surface area contributed by atoms with E-state index < -0.39 is 0 Å². The monoisotopic (exact) mass is 414 g/mol. The van der Waals surface area contributed by atoms with Crippen LogP contribution in [0.2, 0.25) is 0 Å². The third kappa shape index (κ3) is 3.84. The molecule has 30 heavy (non-hydrogen) atoms. The van der Waals surface area contributed by atoms with Crippen LogP contribution in [0.5, 0.6) is 0 Å². The zero-order chi connectivity index (χ0) is 21.7. The van der Waals surface area contributed by atoms with E-state index >= 15 is 0 Å². The number of hydrogen-bond acceptors (Lipinski definition) is 2. The van der Waals surface area contributed by atoms with E-state index in [4.69, 9.17) is 0 Å². The van der Waals surface area contributed by atoms with Crippen molar-refractivity contribution in [3.05, 3.63) is 11.6 Å². The molecule has 4 aliphatic carbocycles. The van der Waals surface area contributed by atoms with Gasteiger partial charge in [-0.2, -0.15) is 0 Å². The molecule has 4 aliphatic rings. The van der Waals surface area contributed by atoms with Gasteiger partial charge in [0.2, 0.25) is 0 Å². The number of carbonyl (C=O) groups excluding carboxylic acids is 1. The predicted molar refractivity (Wildman–Crippen MR) is 124 cm³/mol. The second-order valence-electron chi connectivity index (χ2n) is 12.5. The molecule has 2 heteroatoms. The summed E-state index contributed by atoms with van der Waals surface area (Å²) in [6, 6.07) is 0. The molecule has 1 N–H and O–H groups in total. The third-order valence-electron chi connectivity index (χ3n) is 10.4. The van der Waals surface area contributed by atoms with Crippen LogP contribution in [0.3, 0.4) is 0 Å². The van der Waals surface area contributed by atoms with Gasteiger partial charge in [-0.25, -0.2) is 0 Å². The minimum absolute atomic E-state index is 0.107. The highest BCUT2D eigenvalue weighted by atomic mass is 16.3. The Kier molecular flexibility index (Phi) is 6.30. The topological polar surface area (TPSA) is 37.3 Å². The maximum absolute atomic E-state index is 12.3. The first-order chi connectivity index (χ1) is 14.1. The second-order valence-corrected chi connectivity index (χ2v) is 12.5. The van der Waals surface area contributed by atoms with Crippen LogP contribution < -0.4 is 0 Å². The van der Waals surface area contributed by atoms with E-state index in [0.29, 0.717) is 28.4 Å². The lowest BCUT2D eigenvalue weighted by Gasteiger charge is -2.58. The first-order valence-corrected chi connectivity index (χ1v) is 13.0. The van der Waals surface area contributed by atoms with Crippen molar-refractivity contribution in [3.8, 4) is 0 Å². The van der Waals surface area contributed by atoms with Crippen LogP contribution in [-0.4, -0.2) is 17.0 Å². The summed E-state index contributed by atoms with van der Waals surface area (Å²) < 4.78 is 0. The molecule has 2 nitrogen and oxygen atoms in total. The summed E-state index contributed by atoms with van der Waals surface area (Å²) in [5.74, 6) is 4.94. The number of fused-ring (bicyclic) bond motifs is 5. The molecule has 0 heterocycles. The Bertz CT molecular complexity index is 678. The van der Waals surface area contributed by atoms with E-state index in [1.54, 1.807) is 5.57 Å². The first-order valence-electron chi connectivity index (χ1n) is 13.0. The highest BCUT2D eigenvalue weighted by Gasteiger charge is 2.59. The molecule has 0 aliphatic heterocycles. The van der Waals surface area contributed by atoms with E-state index in [9.17, 15) is 9.90 Å². The summed E-state index contributed by atoms with van der Waals surface area (Å²) in [6.07, 6.45) is 14.9. The minimum atomic E-state index is -0.107. The molecule has 0 amide bonds. The molecule has 0 saturated heterocycles. The normalized spacial score (nSPS) is 44.1. The fourth-order valence-electron chi connectivity index (χ4n) is 8.76. The number of Topliss-reactive ketones (excluding diaryl/α,β-unsaturated/α-hetero) is 1. The summed E-state index contributed by atoms with van der Waals surface area (Å²) in [5.41, 5.74) is 2.39.